The van der Waals surface area contributed by atoms with Gasteiger partial charge in [-0.25, -0.2) is 14.4 Å². The molecular weight excluding hydrogens is 405 g/mol. The molecule has 3 heterocycles. The van der Waals surface area contributed by atoms with Crippen molar-refractivity contribution >= 4 is 38.8 Å². The summed E-state index contributed by atoms with van der Waals surface area (Å²) in [6.07, 6.45) is 1.83. The zero-order chi connectivity index (χ0) is 19.8. The summed E-state index contributed by atoms with van der Waals surface area (Å²) in [4.78, 5) is 24.0. The number of rotatable bonds is 3. The first-order valence-corrected chi connectivity index (χ1v) is 11.2. The molecule has 146 valence electrons. The summed E-state index contributed by atoms with van der Waals surface area (Å²) < 4.78 is 14.3. The molecule has 7 heteroatoms. The summed E-state index contributed by atoms with van der Waals surface area (Å²) in [6, 6.07) is 14.4. The van der Waals surface area contributed by atoms with E-state index in [9.17, 15) is 9.18 Å². The second kappa shape index (κ2) is 7.65. The van der Waals surface area contributed by atoms with Crippen LogP contribution in [0.3, 0.4) is 0 Å². The molecule has 1 saturated heterocycles. The zero-order valence-corrected chi connectivity index (χ0v) is 17.2. The van der Waals surface area contributed by atoms with Gasteiger partial charge in [-0.05, 0) is 49.2 Å². The van der Waals surface area contributed by atoms with Gasteiger partial charge in [-0.1, -0.05) is 12.1 Å². The number of nitrogens with zero attached hydrogens (tertiary/aromatic N) is 3. The smallest absolute Gasteiger partial charge is 0.273 e. The lowest BCUT2D eigenvalue weighted by Gasteiger charge is -2.30. The highest BCUT2D eigenvalue weighted by molar-refractivity contribution is 7.18. The molecule has 2 aromatic carbocycles. The van der Waals surface area contributed by atoms with Crippen LogP contribution >= 0.6 is 22.7 Å². The van der Waals surface area contributed by atoms with Gasteiger partial charge >= 0.3 is 0 Å². The Bertz CT molecular complexity index is 1130. The third kappa shape index (κ3) is 3.68. The van der Waals surface area contributed by atoms with E-state index in [2.05, 4.69) is 17.1 Å². The van der Waals surface area contributed by atoms with Crippen LogP contribution in [-0.2, 0) is 0 Å². The minimum atomic E-state index is -0.280. The molecule has 5 rings (SSSR count). The van der Waals surface area contributed by atoms with Gasteiger partial charge in [-0.3, -0.25) is 4.79 Å². The molecular formula is C22H18FN3OS2. The van der Waals surface area contributed by atoms with Crippen molar-refractivity contribution in [3.63, 3.8) is 0 Å². The average molecular weight is 424 g/mol. The first-order chi connectivity index (χ1) is 14.2. The lowest BCUT2D eigenvalue weighted by Crippen LogP contribution is -2.38. The molecule has 0 unspecified atom stereocenters. The van der Waals surface area contributed by atoms with Gasteiger partial charge < -0.3 is 4.90 Å². The molecule has 4 nitrogen and oxygen atoms in total. The van der Waals surface area contributed by atoms with E-state index in [-0.39, 0.29) is 11.7 Å². The summed E-state index contributed by atoms with van der Waals surface area (Å²) in [6.45, 7) is 1.42. The molecule has 1 aliphatic rings. The number of aromatic nitrogens is 2. The molecule has 1 fully saturated rings. The Labute approximate surface area is 175 Å². The van der Waals surface area contributed by atoms with Crippen LogP contribution in [0.2, 0.25) is 0 Å². The minimum absolute atomic E-state index is 0.0302. The Balaban J connectivity index is 1.26. The van der Waals surface area contributed by atoms with E-state index >= 15 is 0 Å². The average Bonchev–Trinajstić information content (AvgIpc) is 3.41. The van der Waals surface area contributed by atoms with Crippen molar-refractivity contribution < 1.29 is 9.18 Å². The highest BCUT2D eigenvalue weighted by Gasteiger charge is 2.27. The van der Waals surface area contributed by atoms with Crippen molar-refractivity contribution in [3.8, 4) is 10.6 Å². The van der Waals surface area contributed by atoms with Crippen LogP contribution in [0.4, 0.5) is 4.39 Å². The standard InChI is InChI=1S/C22H18FN3OS2/c23-16-7-5-14(6-8-16)20-25-18(13-28-20)22(27)26-11-9-15(10-12-26)21-24-17-3-1-2-4-19(17)29-21/h1-8,13,15H,9-12H2. The first kappa shape index (κ1) is 18.4. The van der Waals surface area contributed by atoms with Gasteiger partial charge in [0.1, 0.15) is 16.5 Å². The maximum Gasteiger partial charge on any atom is 0.273 e. The number of fused-ring (bicyclic) bond motifs is 1. The number of thiazole rings is 2. The summed E-state index contributed by atoms with van der Waals surface area (Å²) in [7, 11) is 0. The van der Waals surface area contributed by atoms with Crippen LogP contribution in [0, 0.1) is 5.82 Å². The van der Waals surface area contributed by atoms with Crippen molar-refractivity contribution in [2.45, 2.75) is 18.8 Å². The van der Waals surface area contributed by atoms with Crippen molar-refractivity contribution in [3.05, 3.63) is 70.4 Å². The Morgan fingerprint density at radius 1 is 1.03 bits per heavy atom. The lowest BCUT2D eigenvalue weighted by molar-refractivity contribution is 0.0708. The third-order valence-corrected chi connectivity index (χ3v) is 7.35. The van der Waals surface area contributed by atoms with Crippen LogP contribution in [-0.4, -0.2) is 33.9 Å². The van der Waals surface area contributed by atoms with Gasteiger partial charge in [0.2, 0.25) is 0 Å². The molecule has 0 saturated carbocycles. The summed E-state index contributed by atoms with van der Waals surface area (Å²) in [5.74, 6) is 0.0941. The predicted molar refractivity (Wildman–Crippen MR) is 115 cm³/mol. The fourth-order valence-electron chi connectivity index (χ4n) is 3.65. The first-order valence-electron chi connectivity index (χ1n) is 9.53. The van der Waals surface area contributed by atoms with E-state index in [0.29, 0.717) is 24.7 Å². The summed E-state index contributed by atoms with van der Waals surface area (Å²) in [5, 5.41) is 3.70. The monoisotopic (exact) mass is 423 g/mol. The molecule has 0 aliphatic carbocycles. The number of benzene rings is 2. The van der Waals surface area contributed by atoms with Gasteiger partial charge in [0, 0.05) is 30.0 Å². The summed E-state index contributed by atoms with van der Waals surface area (Å²) >= 11 is 3.17. The highest BCUT2D eigenvalue weighted by Crippen LogP contribution is 2.34. The number of hydrogen-bond acceptors (Lipinski definition) is 5. The van der Waals surface area contributed by atoms with Crippen LogP contribution in [0.1, 0.15) is 34.3 Å². The molecule has 1 amide bonds. The van der Waals surface area contributed by atoms with Crippen molar-refractivity contribution in [1.82, 2.24) is 14.9 Å². The van der Waals surface area contributed by atoms with E-state index in [0.717, 1.165) is 28.9 Å². The third-order valence-electron chi connectivity index (χ3n) is 5.26. The molecule has 0 spiro atoms. The van der Waals surface area contributed by atoms with Gasteiger partial charge in [-0.15, -0.1) is 22.7 Å². The number of para-hydroxylation sites is 1. The number of amides is 1. The van der Waals surface area contributed by atoms with Crippen molar-refractivity contribution in [1.29, 1.82) is 0 Å². The van der Waals surface area contributed by atoms with Gasteiger partial charge in [0.05, 0.1) is 15.2 Å². The molecule has 0 N–H and O–H groups in total. The SMILES string of the molecule is O=C(c1csc(-c2ccc(F)cc2)n1)N1CCC(c2nc3ccccc3s2)CC1. The zero-order valence-electron chi connectivity index (χ0n) is 15.5. The van der Waals surface area contributed by atoms with E-state index < -0.39 is 0 Å². The van der Waals surface area contributed by atoms with Crippen molar-refractivity contribution in [2.24, 2.45) is 0 Å². The second-order valence-electron chi connectivity index (χ2n) is 7.13. The van der Waals surface area contributed by atoms with E-state index in [4.69, 9.17) is 4.98 Å². The van der Waals surface area contributed by atoms with Crippen LogP contribution in [0.5, 0.6) is 0 Å². The van der Waals surface area contributed by atoms with E-state index in [1.54, 1.807) is 28.8 Å². The van der Waals surface area contributed by atoms with Crippen LogP contribution in [0.25, 0.3) is 20.8 Å². The van der Waals surface area contributed by atoms with Gasteiger partial charge in [-0.2, -0.15) is 0 Å². The molecule has 0 radical (unpaired) electrons. The fraction of sp³-hybridized carbons (Fsp3) is 0.227. The second-order valence-corrected chi connectivity index (χ2v) is 9.05. The Morgan fingerprint density at radius 3 is 2.55 bits per heavy atom. The Kier molecular flexibility index (Phi) is 4.85. The number of carbonyl (C=O) groups excluding carboxylic acids is 1. The van der Waals surface area contributed by atoms with E-state index in [1.807, 2.05) is 17.0 Å². The molecule has 2 aromatic heterocycles. The van der Waals surface area contributed by atoms with Gasteiger partial charge in [0.15, 0.2) is 0 Å². The maximum atomic E-state index is 13.1. The van der Waals surface area contributed by atoms with Crippen LogP contribution in [0.15, 0.2) is 53.9 Å². The normalized spacial score (nSPS) is 15.1. The number of carbonyl (C=O) groups is 1. The molecule has 0 bridgehead atoms. The minimum Gasteiger partial charge on any atom is -0.337 e. The summed E-state index contributed by atoms with van der Waals surface area (Å²) in [5.41, 5.74) is 2.35. The van der Waals surface area contributed by atoms with Crippen molar-refractivity contribution in [2.75, 3.05) is 13.1 Å². The molecule has 29 heavy (non-hydrogen) atoms. The van der Waals surface area contributed by atoms with Gasteiger partial charge in [0.25, 0.3) is 5.91 Å². The topological polar surface area (TPSA) is 46.1 Å². The quantitative estimate of drug-likeness (QED) is 0.432. The largest absolute Gasteiger partial charge is 0.337 e. The van der Waals surface area contributed by atoms with Crippen LogP contribution < -0.4 is 0 Å². The number of halogens is 1. The highest BCUT2D eigenvalue weighted by atomic mass is 32.1. The fourth-order valence-corrected chi connectivity index (χ4v) is 5.59. The number of hydrogen-bond donors (Lipinski definition) is 0. The molecule has 0 atom stereocenters. The lowest BCUT2D eigenvalue weighted by atomic mass is 9.97. The molecule has 1 aliphatic heterocycles. The Morgan fingerprint density at radius 2 is 1.79 bits per heavy atom. The number of piperidine rings is 1. The van der Waals surface area contributed by atoms with E-state index in [1.165, 1.54) is 33.2 Å². The predicted octanol–water partition coefficient (Wildman–Crippen LogP) is 5.58. The Hall–Kier alpha value is -2.64. The maximum absolute atomic E-state index is 13.1. The number of likely N-dealkylation sites (tertiary alicyclic amines) is 1. The molecule has 4 aromatic rings.